The minimum Gasteiger partial charge on any atom is -0.508 e. The maximum Gasteiger partial charge on any atom is 0.286 e. The van der Waals surface area contributed by atoms with Gasteiger partial charge in [0.1, 0.15) is 5.75 Å². The quantitative estimate of drug-likeness (QED) is 0.810. The van der Waals surface area contributed by atoms with Crippen molar-refractivity contribution in [3.8, 4) is 5.75 Å². The number of rotatable bonds is 1. The first-order chi connectivity index (χ1) is 10.1. The molecule has 0 unspecified atom stereocenters. The van der Waals surface area contributed by atoms with Gasteiger partial charge in [-0.15, -0.1) is 0 Å². The van der Waals surface area contributed by atoms with E-state index in [2.05, 4.69) is 16.8 Å². The summed E-state index contributed by atoms with van der Waals surface area (Å²) in [4.78, 5) is 19.0. The molecule has 1 aromatic carbocycles. The molecule has 1 saturated heterocycles. The SMILES string of the molecule is C[C@H]1CCCN(C2=NC(=O)/C(=C/c3cccc(O)c3)S2)C1. The Morgan fingerprint density at radius 2 is 2.33 bits per heavy atom. The van der Waals surface area contributed by atoms with Gasteiger partial charge in [-0.3, -0.25) is 4.79 Å². The second-order valence-electron chi connectivity index (χ2n) is 5.60. The smallest absolute Gasteiger partial charge is 0.286 e. The van der Waals surface area contributed by atoms with Crippen molar-refractivity contribution in [1.82, 2.24) is 4.90 Å². The van der Waals surface area contributed by atoms with Gasteiger partial charge < -0.3 is 10.0 Å². The van der Waals surface area contributed by atoms with Crippen LogP contribution in [-0.2, 0) is 4.79 Å². The lowest BCUT2D eigenvalue weighted by atomic mass is 10.0. The van der Waals surface area contributed by atoms with Crippen molar-refractivity contribution in [2.75, 3.05) is 13.1 Å². The highest BCUT2D eigenvalue weighted by Crippen LogP contribution is 2.32. The Morgan fingerprint density at radius 1 is 1.48 bits per heavy atom. The number of hydrogen-bond donors (Lipinski definition) is 1. The molecule has 0 spiro atoms. The van der Waals surface area contributed by atoms with Gasteiger partial charge in [0.15, 0.2) is 5.17 Å². The Hall–Kier alpha value is -1.75. The molecule has 0 aliphatic carbocycles. The largest absolute Gasteiger partial charge is 0.508 e. The summed E-state index contributed by atoms with van der Waals surface area (Å²) in [6, 6.07) is 6.88. The monoisotopic (exact) mass is 302 g/mol. The fourth-order valence-corrected chi connectivity index (χ4v) is 3.61. The molecule has 1 atom stereocenters. The number of amidine groups is 1. The van der Waals surface area contributed by atoms with Gasteiger partial charge in [0.2, 0.25) is 0 Å². The molecule has 3 rings (SSSR count). The van der Waals surface area contributed by atoms with Crippen molar-refractivity contribution in [3.05, 3.63) is 34.7 Å². The van der Waals surface area contributed by atoms with Gasteiger partial charge in [-0.25, -0.2) is 0 Å². The Morgan fingerprint density at radius 3 is 3.10 bits per heavy atom. The van der Waals surface area contributed by atoms with Crippen LogP contribution in [0.3, 0.4) is 0 Å². The zero-order valence-corrected chi connectivity index (χ0v) is 12.8. The zero-order chi connectivity index (χ0) is 14.8. The van der Waals surface area contributed by atoms with E-state index in [0.717, 1.165) is 30.2 Å². The number of hydrogen-bond acceptors (Lipinski definition) is 4. The molecule has 1 N–H and O–H groups in total. The molecule has 21 heavy (non-hydrogen) atoms. The Bertz CT molecular complexity index is 624. The van der Waals surface area contributed by atoms with Gasteiger partial charge >= 0.3 is 0 Å². The summed E-state index contributed by atoms with van der Waals surface area (Å²) in [6.45, 7) is 4.18. The number of piperidine rings is 1. The second-order valence-corrected chi connectivity index (χ2v) is 6.61. The van der Waals surface area contributed by atoms with Gasteiger partial charge in [0, 0.05) is 13.1 Å². The third-order valence-corrected chi connectivity index (χ3v) is 4.75. The number of carbonyl (C=O) groups excluding carboxylic acids is 1. The van der Waals surface area contributed by atoms with Crippen LogP contribution in [0.1, 0.15) is 25.3 Å². The highest BCUT2D eigenvalue weighted by atomic mass is 32.2. The molecule has 0 radical (unpaired) electrons. The van der Waals surface area contributed by atoms with Crippen LogP contribution in [-0.4, -0.2) is 34.2 Å². The number of thioether (sulfide) groups is 1. The predicted octanol–water partition coefficient (Wildman–Crippen LogP) is 3.09. The van der Waals surface area contributed by atoms with Crippen molar-refractivity contribution in [2.24, 2.45) is 10.9 Å². The third kappa shape index (κ3) is 3.29. The molecule has 0 aromatic heterocycles. The van der Waals surface area contributed by atoms with E-state index in [1.54, 1.807) is 24.3 Å². The van der Waals surface area contributed by atoms with E-state index in [1.165, 1.54) is 18.2 Å². The lowest BCUT2D eigenvalue weighted by molar-refractivity contribution is -0.113. The van der Waals surface area contributed by atoms with E-state index >= 15 is 0 Å². The van der Waals surface area contributed by atoms with Crippen LogP contribution in [0.5, 0.6) is 5.75 Å². The molecule has 110 valence electrons. The highest BCUT2D eigenvalue weighted by Gasteiger charge is 2.28. The van der Waals surface area contributed by atoms with Crippen molar-refractivity contribution < 1.29 is 9.90 Å². The van der Waals surface area contributed by atoms with Crippen molar-refractivity contribution in [3.63, 3.8) is 0 Å². The summed E-state index contributed by atoms with van der Waals surface area (Å²) in [7, 11) is 0. The second kappa shape index (κ2) is 5.93. The normalized spacial score (nSPS) is 24.5. The molecule has 2 aliphatic heterocycles. The number of aromatic hydroxyl groups is 1. The van der Waals surface area contributed by atoms with Gasteiger partial charge in [0.25, 0.3) is 5.91 Å². The first-order valence-corrected chi connectivity index (χ1v) is 8.00. The van der Waals surface area contributed by atoms with E-state index in [0.29, 0.717) is 10.8 Å². The molecule has 1 amide bonds. The molecule has 0 saturated carbocycles. The number of likely N-dealkylation sites (tertiary alicyclic amines) is 1. The number of benzene rings is 1. The molecule has 2 heterocycles. The van der Waals surface area contributed by atoms with Crippen LogP contribution < -0.4 is 0 Å². The van der Waals surface area contributed by atoms with Gasteiger partial charge in [0.05, 0.1) is 4.91 Å². The standard InChI is InChI=1S/C16H18N2O2S/c1-11-4-3-7-18(10-11)16-17-15(20)14(21-16)9-12-5-2-6-13(19)8-12/h2,5-6,8-9,11,19H,3-4,7,10H2,1H3/b14-9-/t11-/m0/s1. The summed E-state index contributed by atoms with van der Waals surface area (Å²) < 4.78 is 0. The fraction of sp³-hybridized carbons (Fsp3) is 0.375. The molecule has 0 bridgehead atoms. The summed E-state index contributed by atoms with van der Waals surface area (Å²) in [5.74, 6) is 0.665. The topological polar surface area (TPSA) is 52.9 Å². The number of aliphatic imine (C=N–C) groups is 1. The molecule has 1 aromatic rings. The average Bonchev–Trinajstić information content (AvgIpc) is 2.80. The van der Waals surface area contributed by atoms with E-state index in [-0.39, 0.29) is 11.7 Å². The Kier molecular flexibility index (Phi) is 4.01. The number of phenols is 1. The van der Waals surface area contributed by atoms with Crippen molar-refractivity contribution in [1.29, 1.82) is 0 Å². The van der Waals surface area contributed by atoms with Gasteiger partial charge in [-0.05, 0) is 54.3 Å². The Balaban J connectivity index is 1.75. The molecular weight excluding hydrogens is 284 g/mol. The van der Waals surface area contributed by atoms with Crippen molar-refractivity contribution in [2.45, 2.75) is 19.8 Å². The molecule has 4 nitrogen and oxygen atoms in total. The number of phenolic OH excluding ortho intramolecular Hbond substituents is 1. The van der Waals surface area contributed by atoms with Crippen LogP contribution in [0, 0.1) is 5.92 Å². The summed E-state index contributed by atoms with van der Waals surface area (Å²) in [6.07, 6.45) is 4.19. The molecular formula is C16H18N2O2S. The van der Waals surface area contributed by atoms with E-state index in [1.807, 2.05) is 6.07 Å². The highest BCUT2D eigenvalue weighted by molar-refractivity contribution is 8.18. The first-order valence-electron chi connectivity index (χ1n) is 7.18. The van der Waals surface area contributed by atoms with Crippen LogP contribution in [0.25, 0.3) is 6.08 Å². The first kappa shape index (κ1) is 14.2. The number of carbonyl (C=O) groups is 1. The van der Waals surface area contributed by atoms with E-state index in [9.17, 15) is 9.90 Å². The maximum atomic E-state index is 12.0. The lowest BCUT2D eigenvalue weighted by Crippen LogP contribution is -2.37. The fourth-order valence-electron chi connectivity index (χ4n) is 2.66. The third-order valence-electron chi connectivity index (χ3n) is 3.70. The predicted molar refractivity (Wildman–Crippen MR) is 86.1 cm³/mol. The van der Waals surface area contributed by atoms with Crippen molar-refractivity contribution >= 4 is 28.9 Å². The minimum absolute atomic E-state index is 0.184. The molecule has 2 aliphatic rings. The minimum atomic E-state index is -0.184. The van der Waals surface area contributed by atoms with E-state index in [4.69, 9.17) is 0 Å². The lowest BCUT2D eigenvalue weighted by Gasteiger charge is -2.31. The van der Waals surface area contributed by atoms with E-state index < -0.39 is 0 Å². The molecule has 1 fully saturated rings. The number of nitrogens with zero attached hydrogens (tertiary/aromatic N) is 2. The van der Waals surface area contributed by atoms with Gasteiger partial charge in [-0.1, -0.05) is 19.1 Å². The zero-order valence-electron chi connectivity index (χ0n) is 12.0. The summed E-state index contributed by atoms with van der Waals surface area (Å²) in [5.41, 5.74) is 0.814. The average molecular weight is 302 g/mol. The van der Waals surface area contributed by atoms with Crippen LogP contribution in [0.2, 0.25) is 0 Å². The maximum absolute atomic E-state index is 12.0. The summed E-state index contributed by atoms with van der Waals surface area (Å²) in [5, 5.41) is 10.3. The van der Waals surface area contributed by atoms with Crippen LogP contribution in [0.4, 0.5) is 0 Å². The Labute approximate surface area is 128 Å². The molecule has 5 heteroatoms. The van der Waals surface area contributed by atoms with Crippen LogP contribution >= 0.6 is 11.8 Å². The number of amides is 1. The summed E-state index contributed by atoms with van der Waals surface area (Å²) >= 11 is 1.43. The van der Waals surface area contributed by atoms with Gasteiger partial charge in [-0.2, -0.15) is 4.99 Å². The van der Waals surface area contributed by atoms with Crippen LogP contribution in [0.15, 0.2) is 34.2 Å².